The first-order valence-corrected chi connectivity index (χ1v) is 5.42. The predicted octanol–water partition coefficient (Wildman–Crippen LogP) is 1.82. The summed E-state index contributed by atoms with van der Waals surface area (Å²) < 4.78 is 13.2. The molecule has 2 atom stereocenters. The largest absolute Gasteiger partial charge is 0.330 e. The molecular formula is C8H16FNS. The molecule has 1 aliphatic rings. The van der Waals surface area contributed by atoms with Crippen LogP contribution >= 0.6 is 11.8 Å². The maximum absolute atomic E-state index is 13.2. The number of thioether (sulfide) groups is 1. The summed E-state index contributed by atoms with van der Waals surface area (Å²) in [6.45, 7) is 0.635. The van der Waals surface area contributed by atoms with Crippen molar-refractivity contribution in [2.75, 3.05) is 18.1 Å². The molecule has 11 heavy (non-hydrogen) atoms. The highest BCUT2D eigenvalue weighted by atomic mass is 32.2. The van der Waals surface area contributed by atoms with Crippen LogP contribution in [0.3, 0.4) is 0 Å². The summed E-state index contributed by atoms with van der Waals surface area (Å²) in [6, 6.07) is 0. The molecule has 2 unspecified atom stereocenters. The topological polar surface area (TPSA) is 26.0 Å². The summed E-state index contributed by atoms with van der Waals surface area (Å²) >= 11 is 1.87. The van der Waals surface area contributed by atoms with Gasteiger partial charge in [-0.25, -0.2) is 4.39 Å². The van der Waals surface area contributed by atoms with E-state index < -0.39 is 6.17 Å². The van der Waals surface area contributed by atoms with E-state index >= 15 is 0 Å². The highest BCUT2D eigenvalue weighted by Crippen LogP contribution is 2.26. The zero-order chi connectivity index (χ0) is 8.10. The van der Waals surface area contributed by atoms with Crippen LogP contribution in [0.4, 0.5) is 4.39 Å². The molecule has 0 aromatic carbocycles. The fourth-order valence-electron chi connectivity index (χ4n) is 1.49. The van der Waals surface area contributed by atoms with Gasteiger partial charge in [-0.05, 0) is 43.2 Å². The molecule has 1 nitrogen and oxygen atoms in total. The molecule has 0 amide bonds. The molecule has 0 aromatic rings. The van der Waals surface area contributed by atoms with Crippen molar-refractivity contribution in [2.45, 2.75) is 25.4 Å². The minimum absolute atomic E-state index is 0.245. The number of alkyl halides is 1. The van der Waals surface area contributed by atoms with Crippen molar-refractivity contribution in [3.05, 3.63) is 0 Å². The Labute approximate surface area is 71.9 Å². The summed E-state index contributed by atoms with van der Waals surface area (Å²) in [4.78, 5) is 0. The first-order valence-electron chi connectivity index (χ1n) is 4.26. The summed E-state index contributed by atoms with van der Waals surface area (Å²) in [5, 5.41) is 0. The molecule has 0 bridgehead atoms. The van der Waals surface area contributed by atoms with Gasteiger partial charge in [-0.1, -0.05) is 0 Å². The Kier molecular flexibility index (Phi) is 4.23. The second kappa shape index (κ2) is 4.99. The van der Waals surface area contributed by atoms with Gasteiger partial charge in [0.05, 0.1) is 0 Å². The van der Waals surface area contributed by atoms with Crippen LogP contribution in [0.2, 0.25) is 0 Å². The third kappa shape index (κ3) is 2.99. The molecule has 2 N–H and O–H groups in total. The highest BCUT2D eigenvalue weighted by molar-refractivity contribution is 7.99. The van der Waals surface area contributed by atoms with Crippen LogP contribution in [0.1, 0.15) is 19.3 Å². The van der Waals surface area contributed by atoms with Gasteiger partial charge in [-0.15, -0.1) is 0 Å². The number of nitrogens with two attached hydrogens (primary N) is 1. The average molecular weight is 177 g/mol. The Balaban J connectivity index is 2.32. The van der Waals surface area contributed by atoms with Gasteiger partial charge in [0, 0.05) is 0 Å². The first kappa shape index (κ1) is 9.33. The van der Waals surface area contributed by atoms with Crippen LogP contribution in [-0.4, -0.2) is 24.2 Å². The van der Waals surface area contributed by atoms with Crippen LogP contribution in [0.15, 0.2) is 0 Å². The van der Waals surface area contributed by atoms with Gasteiger partial charge in [0.15, 0.2) is 0 Å². The molecule has 0 aromatic heterocycles. The predicted molar refractivity (Wildman–Crippen MR) is 48.6 cm³/mol. The molecule has 1 saturated heterocycles. The van der Waals surface area contributed by atoms with Crippen molar-refractivity contribution < 1.29 is 4.39 Å². The van der Waals surface area contributed by atoms with Gasteiger partial charge in [-0.2, -0.15) is 11.8 Å². The third-order valence-electron chi connectivity index (χ3n) is 2.22. The molecule has 1 aliphatic heterocycles. The van der Waals surface area contributed by atoms with E-state index in [0.717, 1.165) is 30.8 Å². The minimum atomic E-state index is -0.589. The molecule has 0 aliphatic carbocycles. The van der Waals surface area contributed by atoms with Crippen molar-refractivity contribution in [1.29, 1.82) is 0 Å². The molecular weight excluding hydrogens is 161 g/mol. The zero-order valence-electron chi connectivity index (χ0n) is 6.76. The van der Waals surface area contributed by atoms with Crippen LogP contribution in [-0.2, 0) is 0 Å². The van der Waals surface area contributed by atoms with Crippen molar-refractivity contribution in [2.24, 2.45) is 11.7 Å². The monoisotopic (exact) mass is 177 g/mol. The Hall–Kier alpha value is 0.240. The van der Waals surface area contributed by atoms with Gasteiger partial charge in [0.2, 0.25) is 0 Å². The quantitative estimate of drug-likeness (QED) is 0.696. The van der Waals surface area contributed by atoms with Gasteiger partial charge >= 0.3 is 0 Å². The molecule has 0 spiro atoms. The van der Waals surface area contributed by atoms with E-state index in [1.54, 1.807) is 0 Å². The second-order valence-electron chi connectivity index (χ2n) is 3.04. The number of rotatable bonds is 2. The van der Waals surface area contributed by atoms with Gasteiger partial charge in [0.1, 0.15) is 6.17 Å². The molecule has 3 heteroatoms. The molecule has 0 radical (unpaired) electrons. The van der Waals surface area contributed by atoms with E-state index in [0.29, 0.717) is 6.54 Å². The van der Waals surface area contributed by atoms with E-state index in [1.807, 2.05) is 11.8 Å². The fourth-order valence-corrected chi connectivity index (χ4v) is 2.55. The van der Waals surface area contributed by atoms with E-state index in [4.69, 9.17) is 5.73 Å². The highest BCUT2D eigenvalue weighted by Gasteiger charge is 2.22. The van der Waals surface area contributed by atoms with Crippen molar-refractivity contribution in [3.63, 3.8) is 0 Å². The first-order chi connectivity index (χ1) is 5.34. The Bertz CT molecular complexity index is 110. The van der Waals surface area contributed by atoms with Crippen molar-refractivity contribution >= 4 is 11.8 Å². The smallest absolute Gasteiger partial charge is 0.104 e. The van der Waals surface area contributed by atoms with E-state index in [1.165, 1.54) is 0 Å². The number of halogens is 1. The minimum Gasteiger partial charge on any atom is -0.330 e. The molecule has 66 valence electrons. The van der Waals surface area contributed by atoms with E-state index in [9.17, 15) is 4.39 Å². The SMILES string of the molecule is NCCC1CCSCCC1F. The normalized spacial score (nSPS) is 33.3. The summed E-state index contributed by atoms with van der Waals surface area (Å²) in [6.07, 6.45) is 2.02. The molecule has 0 saturated carbocycles. The van der Waals surface area contributed by atoms with E-state index in [-0.39, 0.29) is 5.92 Å². The Morgan fingerprint density at radius 2 is 2.09 bits per heavy atom. The third-order valence-corrected chi connectivity index (χ3v) is 3.27. The maximum atomic E-state index is 13.2. The van der Waals surface area contributed by atoms with Gasteiger partial charge < -0.3 is 5.73 Å². The summed E-state index contributed by atoms with van der Waals surface area (Å²) in [5.41, 5.74) is 5.40. The lowest BCUT2D eigenvalue weighted by atomic mass is 9.95. The van der Waals surface area contributed by atoms with Crippen LogP contribution in [0, 0.1) is 5.92 Å². The molecule has 1 heterocycles. The number of hydrogen-bond donors (Lipinski definition) is 1. The van der Waals surface area contributed by atoms with Gasteiger partial charge in [-0.3, -0.25) is 0 Å². The molecule has 1 rings (SSSR count). The zero-order valence-corrected chi connectivity index (χ0v) is 7.58. The average Bonchev–Trinajstić information content (AvgIpc) is 2.18. The number of hydrogen-bond acceptors (Lipinski definition) is 2. The Morgan fingerprint density at radius 1 is 1.36 bits per heavy atom. The van der Waals surface area contributed by atoms with Crippen LogP contribution in [0.25, 0.3) is 0 Å². The molecule has 1 fully saturated rings. The second-order valence-corrected chi connectivity index (χ2v) is 4.27. The standard InChI is InChI=1S/C8H16FNS/c9-8-3-6-11-5-2-7(8)1-4-10/h7-8H,1-6,10H2. The summed E-state index contributed by atoms with van der Waals surface area (Å²) in [7, 11) is 0. The van der Waals surface area contributed by atoms with Crippen molar-refractivity contribution in [1.82, 2.24) is 0 Å². The van der Waals surface area contributed by atoms with E-state index in [2.05, 4.69) is 0 Å². The summed E-state index contributed by atoms with van der Waals surface area (Å²) in [5.74, 6) is 2.35. The lowest BCUT2D eigenvalue weighted by Crippen LogP contribution is -2.19. The van der Waals surface area contributed by atoms with Crippen LogP contribution < -0.4 is 5.73 Å². The fraction of sp³-hybridized carbons (Fsp3) is 1.00. The lowest BCUT2D eigenvalue weighted by molar-refractivity contribution is 0.213. The van der Waals surface area contributed by atoms with Gasteiger partial charge in [0.25, 0.3) is 0 Å². The lowest BCUT2D eigenvalue weighted by Gasteiger charge is -2.16. The van der Waals surface area contributed by atoms with Crippen LogP contribution in [0.5, 0.6) is 0 Å². The van der Waals surface area contributed by atoms with Crippen molar-refractivity contribution in [3.8, 4) is 0 Å². The Morgan fingerprint density at radius 3 is 2.82 bits per heavy atom. The maximum Gasteiger partial charge on any atom is 0.104 e.